The molecule has 0 radical (unpaired) electrons. The van der Waals surface area contributed by atoms with Gasteiger partial charge in [0.15, 0.2) is 10.8 Å². The van der Waals surface area contributed by atoms with E-state index in [-0.39, 0.29) is 5.82 Å². The van der Waals surface area contributed by atoms with Gasteiger partial charge in [-0.15, -0.1) is 0 Å². The minimum absolute atomic E-state index is 0.0687. The van der Waals surface area contributed by atoms with Crippen LogP contribution in [0.25, 0.3) is 11.2 Å². The number of nitrogens with zero attached hydrogens (tertiary/aromatic N) is 5. The molecule has 1 aliphatic carbocycles. The number of aromatic nitrogens is 4. The summed E-state index contributed by atoms with van der Waals surface area (Å²) in [6.07, 6.45) is 6.83. The Morgan fingerprint density at radius 1 is 1.35 bits per heavy atom. The number of halogens is 1. The molecule has 6 heteroatoms. The topological polar surface area (TPSA) is 67.4 Å². The predicted molar refractivity (Wildman–Crippen MR) is 76.2 cm³/mol. The van der Waals surface area contributed by atoms with Crippen molar-refractivity contribution in [2.24, 2.45) is 11.8 Å². The summed E-state index contributed by atoms with van der Waals surface area (Å²) in [6.45, 7) is 3.22. The maximum absolute atomic E-state index is 8.85. The molecule has 0 aliphatic heterocycles. The highest BCUT2D eigenvalue weighted by Gasteiger charge is 2.20. The number of imidazole rings is 1. The number of hydrogen-bond donors (Lipinski definition) is 0. The monoisotopic (exact) mass is 289 g/mol. The third-order valence-electron chi connectivity index (χ3n) is 4.12. The lowest BCUT2D eigenvalue weighted by Gasteiger charge is -2.26. The Hall–Kier alpha value is -1.67. The zero-order chi connectivity index (χ0) is 14.1. The predicted octanol–water partition coefficient (Wildman–Crippen LogP) is 3.18. The average Bonchev–Trinajstić information content (AvgIpc) is 2.85. The van der Waals surface area contributed by atoms with E-state index in [1.165, 1.54) is 25.7 Å². The van der Waals surface area contributed by atoms with Crippen LogP contribution in [0.4, 0.5) is 0 Å². The first-order valence-corrected chi connectivity index (χ1v) is 7.33. The largest absolute Gasteiger partial charge is 0.326 e. The van der Waals surface area contributed by atoms with Gasteiger partial charge < -0.3 is 4.57 Å². The van der Waals surface area contributed by atoms with E-state index < -0.39 is 0 Å². The van der Waals surface area contributed by atoms with Crippen LogP contribution in [0.5, 0.6) is 0 Å². The molecule has 2 aromatic rings. The third-order valence-corrected chi connectivity index (χ3v) is 4.38. The second-order valence-corrected chi connectivity index (χ2v) is 6.00. The van der Waals surface area contributed by atoms with Gasteiger partial charge in [0.1, 0.15) is 11.6 Å². The van der Waals surface area contributed by atoms with E-state index >= 15 is 0 Å². The second-order valence-electron chi connectivity index (χ2n) is 5.64. The number of fused-ring (bicyclic) bond motifs is 1. The van der Waals surface area contributed by atoms with E-state index in [9.17, 15) is 0 Å². The molecule has 0 atom stereocenters. The Balaban J connectivity index is 1.87. The first kappa shape index (κ1) is 13.3. The molecule has 104 valence electrons. The third kappa shape index (κ3) is 2.48. The molecule has 1 aliphatic rings. The lowest BCUT2D eigenvalue weighted by molar-refractivity contribution is 0.266. The summed E-state index contributed by atoms with van der Waals surface area (Å²) in [5, 5.41) is 9.16. The zero-order valence-corrected chi connectivity index (χ0v) is 12.1. The molecule has 20 heavy (non-hydrogen) atoms. The normalized spacial score (nSPS) is 22.9. The Morgan fingerprint density at radius 3 is 2.80 bits per heavy atom. The standard InChI is InChI=1S/C14H16ClN5/c1-9-2-4-10(5-3-9)7-20-8-17-14-12(20)13(15)18-11(6-16)19-14/h8-10H,2-5,7H2,1H3. The van der Waals surface area contributed by atoms with Crippen LogP contribution in [0.15, 0.2) is 6.33 Å². The Bertz CT molecular complexity index is 664. The smallest absolute Gasteiger partial charge is 0.235 e. The molecule has 5 nitrogen and oxygen atoms in total. The maximum atomic E-state index is 8.85. The fourth-order valence-electron chi connectivity index (χ4n) is 2.91. The van der Waals surface area contributed by atoms with Crippen molar-refractivity contribution in [1.82, 2.24) is 19.5 Å². The van der Waals surface area contributed by atoms with Crippen molar-refractivity contribution >= 4 is 22.8 Å². The number of rotatable bonds is 2. The lowest BCUT2D eigenvalue weighted by Crippen LogP contribution is -2.17. The minimum Gasteiger partial charge on any atom is -0.326 e. The minimum atomic E-state index is 0.0687. The fourth-order valence-corrected chi connectivity index (χ4v) is 3.19. The molecule has 0 amide bonds. The van der Waals surface area contributed by atoms with Gasteiger partial charge in [0.25, 0.3) is 0 Å². The van der Waals surface area contributed by atoms with Crippen LogP contribution >= 0.6 is 11.6 Å². The summed E-state index contributed by atoms with van der Waals surface area (Å²) >= 11 is 6.17. The Morgan fingerprint density at radius 2 is 2.10 bits per heavy atom. The van der Waals surface area contributed by atoms with E-state index in [0.717, 1.165) is 18.0 Å². The van der Waals surface area contributed by atoms with Crippen LogP contribution in [0.2, 0.25) is 5.15 Å². The SMILES string of the molecule is CC1CCC(Cn2cnc3nc(C#N)nc(Cl)c32)CC1. The zero-order valence-electron chi connectivity index (χ0n) is 11.4. The lowest BCUT2D eigenvalue weighted by atomic mass is 9.83. The molecule has 0 N–H and O–H groups in total. The van der Waals surface area contributed by atoms with Crippen molar-refractivity contribution in [3.05, 3.63) is 17.3 Å². The van der Waals surface area contributed by atoms with Gasteiger partial charge in [-0.1, -0.05) is 31.4 Å². The van der Waals surface area contributed by atoms with Crippen LogP contribution in [-0.4, -0.2) is 19.5 Å². The summed E-state index contributed by atoms with van der Waals surface area (Å²) in [5.41, 5.74) is 1.25. The van der Waals surface area contributed by atoms with Gasteiger partial charge in [0.05, 0.1) is 6.33 Å². The van der Waals surface area contributed by atoms with Crippen LogP contribution < -0.4 is 0 Å². The molecular weight excluding hydrogens is 274 g/mol. The Kier molecular flexibility index (Phi) is 3.58. The molecule has 0 unspecified atom stereocenters. The molecule has 1 saturated carbocycles. The first-order chi connectivity index (χ1) is 9.67. The molecule has 1 fully saturated rings. The van der Waals surface area contributed by atoms with Crippen LogP contribution in [0.3, 0.4) is 0 Å². The van der Waals surface area contributed by atoms with E-state index in [1.807, 2.05) is 10.6 Å². The molecule has 3 rings (SSSR count). The van der Waals surface area contributed by atoms with Crippen molar-refractivity contribution in [1.29, 1.82) is 5.26 Å². The summed E-state index contributed by atoms with van der Waals surface area (Å²) in [6, 6.07) is 1.90. The van der Waals surface area contributed by atoms with Crippen LogP contribution in [0.1, 0.15) is 38.4 Å². The van der Waals surface area contributed by atoms with E-state index in [1.54, 1.807) is 6.33 Å². The van der Waals surface area contributed by atoms with Crippen molar-refractivity contribution in [3.63, 3.8) is 0 Å². The molecule has 0 spiro atoms. The van der Waals surface area contributed by atoms with Crippen LogP contribution in [-0.2, 0) is 6.54 Å². The van der Waals surface area contributed by atoms with E-state index in [0.29, 0.717) is 16.7 Å². The summed E-state index contributed by atoms with van der Waals surface area (Å²) in [5.74, 6) is 1.57. The quantitative estimate of drug-likeness (QED) is 0.796. The summed E-state index contributed by atoms with van der Waals surface area (Å²) in [4.78, 5) is 12.3. The summed E-state index contributed by atoms with van der Waals surface area (Å²) < 4.78 is 2.03. The highest BCUT2D eigenvalue weighted by atomic mass is 35.5. The van der Waals surface area contributed by atoms with Gasteiger partial charge in [0, 0.05) is 6.54 Å². The van der Waals surface area contributed by atoms with E-state index in [4.69, 9.17) is 16.9 Å². The average molecular weight is 290 g/mol. The molecule has 0 saturated heterocycles. The number of hydrogen-bond acceptors (Lipinski definition) is 4. The highest BCUT2D eigenvalue weighted by Crippen LogP contribution is 2.30. The van der Waals surface area contributed by atoms with Crippen molar-refractivity contribution in [2.45, 2.75) is 39.2 Å². The molecule has 0 aromatic carbocycles. The fraction of sp³-hybridized carbons (Fsp3) is 0.571. The summed E-state index contributed by atoms with van der Waals surface area (Å²) in [7, 11) is 0. The molecule has 2 heterocycles. The van der Waals surface area contributed by atoms with Crippen molar-refractivity contribution in [2.75, 3.05) is 0 Å². The number of nitriles is 1. The maximum Gasteiger partial charge on any atom is 0.235 e. The van der Waals surface area contributed by atoms with Gasteiger partial charge >= 0.3 is 0 Å². The molecule has 0 bridgehead atoms. The van der Waals surface area contributed by atoms with Gasteiger partial charge in [-0.25, -0.2) is 9.97 Å². The van der Waals surface area contributed by atoms with E-state index in [2.05, 4.69) is 21.9 Å². The van der Waals surface area contributed by atoms with Crippen LogP contribution in [0, 0.1) is 23.2 Å². The highest BCUT2D eigenvalue weighted by molar-refractivity contribution is 6.33. The van der Waals surface area contributed by atoms with Gasteiger partial charge in [-0.3, -0.25) is 0 Å². The van der Waals surface area contributed by atoms with Gasteiger partial charge in [-0.2, -0.15) is 10.2 Å². The second kappa shape index (κ2) is 5.37. The first-order valence-electron chi connectivity index (χ1n) is 6.96. The van der Waals surface area contributed by atoms with Gasteiger partial charge in [0.2, 0.25) is 5.82 Å². The van der Waals surface area contributed by atoms with Crippen molar-refractivity contribution in [3.8, 4) is 6.07 Å². The van der Waals surface area contributed by atoms with Crippen molar-refractivity contribution < 1.29 is 0 Å². The molecular formula is C14H16ClN5. The Labute approximate surface area is 122 Å². The molecule has 2 aromatic heterocycles. The van der Waals surface area contributed by atoms with Gasteiger partial charge in [-0.05, 0) is 24.7 Å².